The second-order valence-corrected chi connectivity index (χ2v) is 10.7. The summed E-state index contributed by atoms with van der Waals surface area (Å²) in [5.74, 6) is -0.281. The lowest BCUT2D eigenvalue weighted by Crippen LogP contribution is -2.40. The number of esters is 1. The number of hydrogen-bond donors (Lipinski definition) is 0. The molecule has 8 rings (SSSR count). The highest BCUT2D eigenvalue weighted by atomic mass is 16.5. The molecule has 0 spiro atoms. The Balaban J connectivity index is 1.05. The van der Waals surface area contributed by atoms with Crippen molar-refractivity contribution >= 4 is 29.4 Å². The first-order chi connectivity index (χ1) is 17.5. The first kappa shape index (κ1) is 21.5. The number of anilines is 1. The van der Waals surface area contributed by atoms with Crippen LogP contribution in [0.3, 0.4) is 0 Å². The number of imide groups is 1. The molecule has 7 atom stereocenters. The summed E-state index contributed by atoms with van der Waals surface area (Å²) in [6.07, 6.45) is 5.53. The third kappa shape index (κ3) is 3.25. The van der Waals surface area contributed by atoms with E-state index >= 15 is 0 Å². The standard InChI is InChI=1S/C29H26N2O5/c32-24-11-17(15-30(24)14-16-5-2-1-3-6-16)29(35)36-19-8-4-7-18(12-19)31-27(33)25-20-9-10-21(23-13-22(20)23)26(25)28(31)34/h1-10,12,17,20-23,25-26H,11,13-15H2/t17-,20-,21-,22-,23+,25-,26+/m0/s1. The average molecular weight is 483 g/mol. The molecule has 0 unspecified atom stereocenters. The van der Waals surface area contributed by atoms with Crippen molar-refractivity contribution in [1.29, 1.82) is 0 Å². The smallest absolute Gasteiger partial charge is 0.316 e. The predicted octanol–water partition coefficient (Wildman–Crippen LogP) is 3.20. The fraction of sp³-hybridized carbons (Fsp3) is 0.379. The Kier molecular flexibility index (Phi) is 4.72. The van der Waals surface area contributed by atoms with Gasteiger partial charge in [-0.1, -0.05) is 48.6 Å². The Morgan fingerprint density at radius 3 is 2.28 bits per heavy atom. The SMILES string of the molecule is O=C(Oc1cccc(N2C(=O)[C@@H]3[C@H]4C=C[C@@H]([C@@H]5C[C@H]45)[C@@H]3C2=O)c1)[C@H]1CC(=O)N(Cc2ccccc2)C1. The van der Waals surface area contributed by atoms with Crippen LogP contribution in [-0.4, -0.2) is 35.1 Å². The van der Waals surface area contributed by atoms with Crippen LogP contribution in [0.1, 0.15) is 18.4 Å². The van der Waals surface area contributed by atoms with Crippen LogP contribution >= 0.6 is 0 Å². The number of nitrogens with zero attached hydrogens (tertiary/aromatic N) is 2. The second-order valence-electron chi connectivity index (χ2n) is 10.7. The molecular formula is C29H26N2O5. The molecule has 182 valence electrons. The zero-order valence-corrected chi connectivity index (χ0v) is 19.7. The molecule has 4 fully saturated rings. The third-order valence-corrected chi connectivity index (χ3v) is 8.72. The van der Waals surface area contributed by atoms with Gasteiger partial charge in [0.25, 0.3) is 0 Å². The summed E-state index contributed by atoms with van der Waals surface area (Å²) in [5.41, 5.74) is 1.44. The number of amides is 3. The molecular weight excluding hydrogens is 456 g/mol. The van der Waals surface area contributed by atoms with Crippen LogP contribution in [0, 0.1) is 41.4 Å². The van der Waals surface area contributed by atoms with Crippen molar-refractivity contribution in [3.05, 3.63) is 72.3 Å². The topological polar surface area (TPSA) is 84.0 Å². The summed E-state index contributed by atoms with van der Waals surface area (Å²) < 4.78 is 5.63. The molecule has 0 aromatic heterocycles. The quantitative estimate of drug-likeness (QED) is 0.283. The van der Waals surface area contributed by atoms with E-state index in [2.05, 4.69) is 12.2 Å². The Bertz CT molecular complexity index is 1280. The minimum absolute atomic E-state index is 0.0771. The summed E-state index contributed by atoms with van der Waals surface area (Å²) in [6.45, 7) is 0.760. The van der Waals surface area contributed by atoms with Gasteiger partial charge < -0.3 is 9.64 Å². The zero-order valence-electron chi connectivity index (χ0n) is 19.7. The van der Waals surface area contributed by atoms with E-state index in [1.165, 1.54) is 4.90 Å². The number of hydrogen-bond acceptors (Lipinski definition) is 5. The fourth-order valence-corrected chi connectivity index (χ4v) is 6.98. The van der Waals surface area contributed by atoms with Crippen molar-refractivity contribution in [3.63, 3.8) is 0 Å². The highest BCUT2D eigenvalue weighted by molar-refractivity contribution is 6.22. The van der Waals surface area contributed by atoms with Gasteiger partial charge >= 0.3 is 5.97 Å². The number of allylic oxidation sites excluding steroid dienone is 2. The number of benzene rings is 2. The normalized spacial score (nSPS) is 33.7. The average Bonchev–Trinajstić information content (AvgIpc) is 3.57. The van der Waals surface area contributed by atoms with Gasteiger partial charge in [0.05, 0.1) is 23.4 Å². The lowest BCUT2D eigenvalue weighted by Gasteiger charge is -2.37. The molecule has 2 aromatic rings. The number of carbonyl (C=O) groups excluding carboxylic acids is 4. The molecule has 2 aliphatic heterocycles. The minimum Gasteiger partial charge on any atom is -0.426 e. The molecule has 36 heavy (non-hydrogen) atoms. The molecule has 4 aliphatic carbocycles. The lowest BCUT2D eigenvalue weighted by atomic mass is 9.63. The van der Waals surface area contributed by atoms with Crippen molar-refractivity contribution in [2.45, 2.75) is 19.4 Å². The maximum atomic E-state index is 13.4. The first-order valence-electron chi connectivity index (χ1n) is 12.7. The van der Waals surface area contributed by atoms with Crippen molar-refractivity contribution in [3.8, 4) is 5.75 Å². The van der Waals surface area contributed by atoms with Gasteiger partial charge in [-0.05, 0) is 47.8 Å². The van der Waals surface area contributed by atoms with Crippen LogP contribution in [0.2, 0.25) is 0 Å². The third-order valence-electron chi connectivity index (χ3n) is 8.72. The summed E-state index contributed by atoms with van der Waals surface area (Å²) in [6, 6.07) is 16.3. The monoisotopic (exact) mass is 482 g/mol. The van der Waals surface area contributed by atoms with E-state index in [4.69, 9.17) is 4.74 Å². The Labute approximate surface area is 208 Å². The second kappa shape index (κ2) is 7.88. The molecule has 6 aliphatic rings. The van der Waals surface area contributed by atoms with E-state index in [0.717, 1.165) is 12.0 Å². The molecule has 2 bridgehead atoms. The molecule has 2 aromatic carbocycles. The summed E-state index contributed by atoms with van der Waals surface area (Å²) in [4.78, 5) is 55.1. The molecule has 2 saturated heterocycles. The van der Waals surface area contributed by atoms with E-state index in [1.54, 1.807) is 29.2 Å². The van der Waals surface area contributed by atoms with Gasteiger partial charge in [-0.25, -0.2) is 4.90 Å². The van der Waals surface area contributed by atoms with E-state index in [0.29, 0.717) is 30.6 Å². The lowest BCUT2D eigenvalue weighted by molar-refractivity contribution is -0.139. The zero-order chi connectivity index (χ0) is 24.6. The number of rotatable bonds is 5. The summed E-state index contributed by atoms with van der Waals surface area (Å²) in [5, 5.41) is 0. The molecule has 0 N–H and O–H groups in total. The van der Waals surface area contributed by atoms with Crippen LogP contribution in [0.25, 0.3) is 0 Å². The largest absolute Gasteiger partial charge is 0.426 e. The maximum absolute atomic E-state index is 13.4. The van der Waals surface area contributed by atoms with Gasteiger partial charge in [-0.3, -0.25) is 19.2 Å². The highest BCUT2D eigenvalue weighted by Gasteiger charge is 2.67. The van der Waals surface area contributed by atoms with Crippen LogP contribution in [0.5, 0.6) is 5.75 Å². The fourth-order valence-electron chi connectivity index (χ4n) is 6.98. The molecule has 2 heterocycles. The first-order valence-corrected chi connectivity index (χ1v) is 12.7. The van der Waals surface area contributed by atoms with Gasteiger partial charge in [0, 0.05) is 25.6 Å². The van der Waals surface area contributed by atoms with Crippen molar-refractivity contribution < 1.29 is 23.9 Å². The van der Waals surface area contributed by atoms with Crippen molar-refractivity contribution in [2.24, 2.45) is 41.4 Å². The Hall–Kier alpha value is -3.74. The van der Waals surface area contributed by atoms with E-state index in [-0.39, 0.29) is 53.6 Å². The molecule has 7 heteroatoms. The number of ether oxygens (including phenoxy) is 1. The van der Waals surface area contributed by atoms with Gasteiger partial charge in [0.2, 0.25) is 17.7 Å². The molecule has 7 nitrogen and oxygen atoms in total. The van der Waals surface area contributed by atoms with Gasteiger partial charge in [-0.2, -0.15) is 0 Å². The summed E-state index contributed by atoms with van der Waals surface area (Å²) >= 11 is 0. The van der Waals surface area contributed by atoms with Crippen LogP contribution in [0.15, 0.2) is 66.7 Å². The number of likely N-dealkylation sites (tertiary alicyclic amines) is 1. The van der Waals surface area contributed by atoms with Crippen molar-refractivity contribution in [1.82, 2.24) is 4.90 Å². The van der Waals surface area contributed by atoms with Gasteiger partial charge in [0.15, 0.2) is 0 Å². The van der Waals surface area contributed by atoms with Crippen LogP contribution in [-0.2, 0) is 25.7 Å². The molecule has 3 amide bonds. The Morgan fingerprint density at radius 2 is 1.58 bits per heavy atom. The predicted molar refractivity (Wildman–Crippen MR) is 129 cm³/mol. The minimum atomic E-state index is -0.559. The van der Waals surface area contributed by atoms with Crippen LogP contribution in [0.4, 0.5) is 5.69 Å². The van der Waals surface area contributed by atoms with Gasteiger partial charge in [-0.15, -0.1) is 0 Å². The molecule has 2 saturated carbocycles. The van der Waals surface area contributed by atoms with Gasteiger partial charge in [0.1, 0.15) is 5.75 Å². The molecule has 0 radical (unpaired) electrons. The highest BCUT2D eigenvalue weighted by Crippen LogP contribution is 2.65. The maximum Gasteiger partial charge on any atom is 0.316 e. The van der Waals surface area contributed by atoms with E-state index < -0.39 is 11.9 Å². The van der Waals surface area contributed by atoms with E-state index in [9.17, 15) is 19.2 Å². The summed E-state index contributed by atoms with van der Waals surface area (Å²) in [7, 11) is 0. The van der Waals surface area contributed by atoms with Crippen molar-refractivity contribution in [2.75, 3.05) is 11.4 Å². The number of carbonyl (C=O) groups is 4. The van der Waals surface area contributed by atoms with Crippen LogP contribution < -0.4 is 9.64 Å². The van der Waals surface area contributed by atoms with E-state index in [1.807, 2.05) is 30.3 Å². The Morgan fingerprint density at radius 1 is 0.889 bits per heavy atom.